The minimum absolute atomic E-state index is 0.138. The number of likely N-dealkylation sites (tertiary alicyclic amines) is 1. The maximum Gasteiger partial charge on any atom is 0.338 e. The van der Waals surface area contributed by atoms with Gasteiger partial charge in [-0.1, -0.05) is 12.8 Å². The first kappa shape index (κ1) is 21.4. The van der Waals surface area contributed by atoms with Gasteiger partial charge < -0.3 is 19.5 Å². The van der Waals surface area contributed by atoms with Gasteiger partial charge >= 0.3 is 12.0 Å². The molecule has 8 heteroatoms. The van der Waals surface area contributed by atoms with E-state index in [1.54, 1.807) is 31.2 Å². The highest BCUT2D eigenvalue weighted by Crippen LogP contribution is 2.38. The number of nitrogens with zero attached hydrogens (tertiary/aromatic N) is 4. The van der Waals surface area contributed by atoms with E-state index in [1.807, 2.05) is 23.2 Å². The standard InChI is InChI=1S/C25H29N5O3/c1-2-33-24(31)18-9-11-19(12-10-18)27-25(32)29-15-13-20(16-29)30-22(17-6-3-4-7-17)28-21-8-5-14-26-23(21)30/h5,8-12,14,17,20H,2-4,6-7,13,15-16H2,1H3,(H,27,32). The summed E-state index contributed by atoms with van der Waals surface area (Å²) in [6, 6.07) is 10.8. The van der Waals surface area contributed by atoms with E-state index in [0.29, 0.717) is 36.9 Å². The van der Waals surface area contributed by atoms with Crippen LogP contribution in [0.2, 0.25) is 0 Å². The summed E-state index contributed by atoms with van der Waals surface area (Å²) in [4.78, 5) is 36.2. The van der Waals surface area contributed by atoms with Gasteiger partial charge in [0.2, 0.25) is 0 Å². The molecule has 33 heavy (non-hydrogen) atoms. The van der Waals surface area contributed by atoms with Gasteiger partial charge in [0, 0.05) is 30.9 Å². The molecule has 2 amide bonds. The molecule has 1 saturated carbocycles. The van der Waals surface area contributed by atoms with Crippen LogP contribution in [0.3, 0.4) is 0 Å². The molecule has 1 aliphatic heterocycles. The third-order valence-electron chi connectivity index (χ3n) is 6.66. The van der Waals surface area contributed by atoms with Crippen LogP contribution >= 0.6 is 0 Å². The largest absolute Gasteiger partial charge is 0.462 e. The van der Waals surface area contributed by atoms with Gasteiger partial charge in [0.15, 0.2) is 5.65 Å². The fourth-order valence-electron chi connectivity index (χ4n) is 5.02. The summed E-state index contributed by atoms with van der Waals surface area (Å²) in [7, 11) is 0. The Hall–Kier alpha value is -3.42. The van der Waals surface area contributed by atoms with E-state index in [0.717, 1.165) is 23.4 Å². The minimum atomic E-state index is -0.364. The number of pyridine rings is 1. The average molecular weight is 448 g/mol. The fourth-order valence-corrected chi connectivity index (χ4v) is 5.02. The van der Waals surface area contributed by atoms with Crippen LogP contribution in [0.1, 0.15) is 67.2 Å². The van der Waals surface area contributed by atoms with Crippen molar-refractivity contribution in [2.24, 2.45) is 0 Å². The third-order valence-corrected chi connectivity index (χ3v) is 6.66. The Morgan fingerprint density at radius 1 is 1.12 bits per heavy atom. The van der Waals surface area contributed by atoms with Crippen molar-refractivity contribution in [2.75, 3.05) is 25.0 Å². The van der Waals surface area contributed by atoms with Crippen LogP contribution in [0.4, 0.5) is 10.5 Å². The molecule has 3 heterocycles. The molecule has 0 bridgehead atoms. The van der Waals surface area contributed by atoms with Crippen molar-refractivity contribution < 1.29 is 14.3 Å². The van der Waals surface area contributed by atoms with Crippen molar-refractivity contribution in [1.29, 1.82) is 0 Å². The number of imidazole rings is 1. The van der Waals surface area contributed by atoms with Gasteiger partial charge in [-0.25, -0.2) is 19.6 Å². The number of anilines is 1. The van der Waals surface area contributed by atoms with Crippen molar-refractivity contribution >= 4 is 28.9 Å². The Kier molecular flexibility index (Phi) is 5.98. The molecule has 0 spiro atoms. The first-order valence-electron chi connectivity index (χ1n) is 11.8. The minimum Gasteiger partial charge on any atom is -0.462 e. The summed E-state index contributed by atoms with van der Waals surface area (Å²) in [5.74, 6) is 1.24. The molecule has 2 aromatic heterocycles. The lowest BCUT2D eigenvalue weighted by Crippen LogP contribution is -2.33. The SMILES string of the molecule is CCOC(=O)c1ccc(NC(=O)N2CCC(n3c(C4CCCC4)nc4cccnc43)C2)cc1. The smallest absolute Gasteiger partial charge is 0.338 e. The van der Waals surface area contributed by atoms with Gasteiger partial charge in [0.25, 0.3) is 0 Å². The van der Waals surface area contributed by atoms with Crippen LogP contribution in [-0.2, 0) is 4.74 Å². The number of rotatable bonds is 5. The number of carbonyl (C=O) groups excluding carboxylic acids is 2. The van der Waals surface area contributed by atoms with Crippen LogP contribution in [0.15, 0.2) is 42.6 Å². The zero-order valence-electron chi connectivity index (χ0n) is 18.9. The number of amides is 2. The molecule has 2 fully saturated rings. The molecule has 1 aromatic carbocycles. The lowest BCUT2D eigenvalue weighted by molar-refractivity contribution is 0.0526. The molecule has 1 unspecified atom stereocenters. The van der Waals surface area contributed by atoms with Gasteiger partial charge in [-0.15, -0.1) is 0 Å². The maximum atomic E-state index is 12.9. The molecule has 1 N–H and O–H groups in total. The molecular weight excluding hydrogens is 418 g/mol. The Labute approximate surface area is 193 Å². The summed E-state index contributed by atoms with van der Waals surface area (Å²) >= 11 is 0. The number of urea groups is 1. The van der Waals surface area contributed by atoms with Crippen molar-refractivity contribution in [3.8, 4) is 0 Å². The Morgan fingerprint density at radius 3 is 2.67 bits per heavy atom. The molecule has 8 nitrogen and oxygen atoms in total. The van der Waals surface area contributed by atoms with Crippen molar-refractivity contribution in [3.63, 3.8) is 0 Å². The number of aromatic nitrogens is 3. The van der Waals surface area contributed by atoms with E-state index < -0.39 is 0 Å². The lowest BCUT2D eigenvalue weighted by Gasteiger charge is -2.21. The van der Waals surface area contributed by atoms with Crippen LogP contribution in [0.5, 0.6) is 0 Å². The Balaban J connectivity index is 1.30. The van der Waals surface area contributed by atoms with E-state index in [2.05, 4.69) is 14.9 Å². The van der Waals surface area contributed by atoms with Crippen LogP contribution in [0, 0.1) is 0 Å². The summed E-state index contributed by atoms with van der Waals surface area (Å²) in [6.45, 7) is 3.40. The second-order valence-electron chi connectivity index (χ2n) is 8.78. The monoisotopic (exact) mass is 447 g/mol. The van der Waals surface area contributed by atoms with Gasteiger partial charge in [0.05, 0.1) is 18.2 Å². The van der Waals surface area contributed by atoms with E-state index in [4.69, 9.17) is 9.72 Å². The number of carbonyl (C=O) groups is 2. The predicted octanol–water partition coefficient (Wildman–Crippen LogP) is 4.74. The quantitative estimate of drug-likeness (QED) is 0.571. The first-order chi connectivity index (χ1) is 16.1. The van der Waals surface area contributed by atoms with Gasteiger partial charge in [0.1, 0.15) is 11.3 Å². The normalized spacial score (nSPS) is 18.7. The lowest BCUT2D eigenvalue weighted by atomic mass is 10.1. The molecule has 2 aliphatic rings. The number of nitrogens with one attached hydrogen (secondary N) is 1. The number of hydrogen-bond acceptors (Lipinski definition) is 5. The fraction of sp³-hybridized carbons (Fsp3) is 0.440. The van der Waals surface area contributed by atoms with E-state index in [9.17, 15) is 9.59 Å². The molecule has 3 aromatic rings. The summed E-state index contributed by atoms with van der Waals surface area (Å²) in [5, 5.41) is 2.95. The number of benzene rings is 1. The van der Waals surface area contributed by atoms with Crippen molar-refractivity contribution in [2.45, 2.75) is 51.0 Å². The van der Waals surface area contributed by atoms with E-state index in [1.165, 1.54) is 25.7 Å². The van der Waals surface area contributed by atoms with Gasteiger partial charge in [-0.3, -0.25) is 0 Å². The topological polar surface area (TPSA) is 89.4 Å². The molecule has 1 saturated heterocycles. The highest BCUT2D eigenvalue weighted by Gasteiger charge is 2.33. The van der Waals surface area contributed by atoms with Crippen LogP contribution in [0.25, 0.3) is 11.2 Å². The number of hydrogen-bond donors (Lipinski definition) is 1. The maximum absolute atomic E-state index is 12.9. The molecule has 0 radical (unpaired) electrons. The highest BCUT2D eigenvalue weighted by molar-refractivity contribution is 5.92. The highest BCUT2D eigenvalue weighted by atomic mass is 16.5. The number of fused-ring (bicyclic) bond motifs is 1. The molecule has 172 valence electrons. The van der Waals surface area contributed by atoms with Gasteiger partial charge in [-0.05, 0) is 62.6 Å². The molecule has 1 aliphatic carbocycles. The summed E-state index contributed by atoms with van der Waals surface area (Å²) in [6.07, 6.45) is 7.52. The van der Waals surface area contributed by atoms with Crippen molar-refractivity contribution in [1.82, 2.24) is 19.4 Å². The zero-order valence-corrected chi connectivity index (χ0v) is 18.9. The predicted molar refractivity (Wildman–Crippen MR) is 125 cm³/mol. The zero-order chi connectivity index (χ0) is 22.8. The second kappa shape index (κ2) is 9.21. The van der Waals surface area contributed by atoms with Crippen molar-refractivity contribution in [3.05, 3.63) is 54.0 Å². The van der Waals surface area contributed by atoms with Gasteiger partial charge in [-0.2, -0.15) is 0 Å². The molecular formula is C25H29N5O3. The number of ether oxygens (including phenoxy) is 1. The Bertz CT molecular complexity index is 1150. The van der Waals surface area contributed by atoms with Crippen LogP contribution in [-0.4, -0.2) is 51.1 Å². The van der Waals surface area contributed by atoms with E-state index >= 15 is 0 Å². The molecule has 5 rings (SSSR count). The number of esters is 1. The second-order valence-corrected chi connectivity index (χ2v) is 8.78. The average Bonchev–Trinajstić information content (AvgIpc) is 3.58. The van der Waals surface area contributed by atoms with E-state index in [-0.39, 0.29) is 18.0 Å². The Morgan fingerprint density at radius 2 is 1.91 bits per heavy atom. The first-order valence-corrected chi connectivity index (χ1v) is 11.8. The summed E-state index contributed by atoms with van der Waals surface area (Å²) in [5.41, 5.74) is 2.97. The van der Waals surface area contributed by atoms with Crippen LogP contribution < -0.4 is 5.32 Å². The summed E-state index contributed by atoms with van der Waals surface area (Å²) < 4.78 is 7.31. The molecule has 1 atom stereocenters. The third kappa shape index (κ3) is 4.29.